The van der Waals surface area contributed by atoms with Crippen LogP contribution in [0.3, 0.4) is 0 Å². The molecule has 0 fully saturated rings. The molecule has 0 aliphatic heterocycles. The van der Waals surface area contributed by atoms with Crippen molar-refractivity contribution in [2.45, 2.75) is 424 Å². The maximum Gasteiger partial charge on any atom is 0.305 e. The summed E-state index contributed by atoms with van der Waals surface area (Å²) in [6.45, 7) is 4.96. The van der Waals surface area contributed by atoms with E-state index in [0.717, 1.165) is 57.8 Å². The number of aliphatic hydroxyl groups excluding tert-OH is 2. The molecule has 84 heavy (non-hydrogen) atoms. The van der Waals surface area contributed by atoms with Crippen molar-refractivity contribution in [1.29, 1.82) is 0 Å². The number of allylic oxidation sites excluding steroid dienone is 8. The predicted molar refractivity (Wildman–Crippen MR) is 370 cm³/mol. The van der Waals surface area contributed by atoms with E-state index in [1.165, 1.54) is 321 Å². The molecule has 0 spiro atoms. The van der Waals surface area contributed by atoms with E-state index in [-0.39, 0.29) is 18.5 Å². The first-order valence-electron chi connectivity index (χ1n) is 37.9. The Balaban J connectivity index is 3.42. The lowest BCUT2D eigenvalue weighted by molar-refractivity contribution is -0.143. The third-order valence-corrected chi connectivity index (χ3v) is 17.6. The number of rotatable bonds is 71. The molecule has 0 aromatic rings. The number of unbranched alkanes of at least 4 members (excludes halogenated alkanes) is 52. The SMILES string of the molecule is CCCCCC/C=C\C/C=C\CCCCCCCC(=O)OCCCCCCCCCCC/C=C\C/C=C\CCCCCCCCCCCCCC(=O)NC(CO)C(O)CCCCCCCCCCCCCCCCCCCCCCCCCC. The van der Waals surface area contributed by atoms with Gasteiger partial charge in [-0.25, -0.2) is 0 Å². The minimum atomic E-state index is -0.669. The van der Waals surface area contributed by atoms with Crippen molar-refractivity contribution in [3.63, 3.8) is 0 Å². The van der Waals surface area contributed by atoms with E-state index < -0.39 is 12.1 Å². The van der Waals surface area contributed by atoms with Crippen LogP contribution < -0.4 is 5.32 Å². The van der Waals surface area contributed by atoms with Gasteiger partial charge in [-0.1, -0.05) is 358 Å². The zero-order valence-electron chi connectivity index (χ0n) is 56.6. The van der Waals surface area contributed by atoms with Gasteiger partial charge < -0.3 is 20.3 Å². The Morgan fingerprint density at radius 3 is 0.917 bits per heavy atom. The number of nitrogens with one attached hydrogen (secondary N) is 1. The van der Waals surface area contributed by atoms with E-state index in [4.69, 9.17) is 4.74 Å². The van der Waals surface area contributed by atoms with Crippen molar-refractivity contribution in [1.82, 2.24) is 5.32 Å². The van der Waals surface area contributed by atoms with Crippen LogP contribution in [0.1, 0.15) is 412 Å². The Morgan fingerprint density at radius 2 is 0.595 bits per heavy atom. The van der Waals surface area contributed by atoms with Crippen molar-refractivity contribution in [3.8, 4) is 0 Å². The van der Waals surface area contributed by atoms with Gasteiger partial charge in [-0.3, -0.25) is 9.59 Å². The van der Waals surface area contributed by atoms with Gasteiger partial charge in [-0.2, -0.15) is 0 Å². The fraction of sp³-hybridized carbons (Fsp3) is 0.872. The van der Waals surface area contributed by atoms with Crippen molar-refractivity contribution in [2.75, 3.05) is 13.2 Å². The van der Waals surface area contributed by atoms with E-state index in [1.54, 1.807) is 0 Å². The molecule has 0 rings (SSSR count). The molecular formula is C78H147NO5. The molecular weight excluding hydrogens is 1030 g/mol. The zero-order chi connectivity index (χ0) is 60.6. The predicted octanol–water partition coefficient (Wildman–Crippen LogP) is 24.8. The summed E-state index contributed by atoms with van der Waals surface area (Å²) in [5.74, 6) is -0.0363. The Hall–Kier alpha value is -2.18. The number of carbonyl (C=O) groups is 2. The maximum atomic E-state index is 12.6. The molecule has 2 atom stereocenters. The van der Waals surface area contributed by atoms with E-state index in [2.05, 4.69) is 67.8 Å². The smallest absolute Gasteiger partial charge is 0.305 e. The molecule has 0 heterocycles. The molecule has 6 heteroatoms. The molecule has 0 radical (unpaired) electrons. The first-order chi connectivity index (χ1) is 41.5. The Kier molecular flexibility index (Phi) is 71.4. The second kappa shape index (κ2) is 73.3. The van der Waals surface area contributed by atoms with Crippen molar-refractivity contribution >= 4 is 11.9 Å². The number of carbonyl (C=O) groups excluding carboxylic acids is 2. The van der Waals surface area contributed by atoms with Crippen LogP contribution in [-0.2, 0) is 14.3 Å². The summed E-state index contributed by atoms with van der Waals surface area (Å²) in [7, 11) is 0. The summed E-state index contributed by atoms with van der Waals surface area (Å²) in [5.41, 5.74) is 0. The van der Waals surface area contributed by atoms with Gasteiger partial charge in [0.2, 0.25) is 5.91 Å². The number of hydrogen-bond acceptors (Lipinski definition) is 5. The fourth-order valence-corrected chi connectivity index (χ4v) is 11.8. The Labute approximate surface area is 525 Å². The average molecular weight is 1180 g/mol. The third kappa shape index (κ3) is 68.9. The molecule has 6 nitrogen and oxygen atoms in total. The Bertz CT molecular complexity index is 1400. The highest BCUT2D eigenvalue weighted by Gasteiger charge is 2.20. The van der Waals surface area contributed by atoms with Gasteiger partial charge in [-0.05, 0) is 89.9 Å². The summed E-state index contributed by atoms with van der Waals surface area (Å²) in [5, 5.41) is 23.5. The number of esters is 1. The average Bonchev–Trinajstić information content (AvgIpc) is 3.51. The summed E-state index contributed by atoms with van der Waals surface area (Å²) < 4.78 is 5.49. The first kappa shape index (κ1) is 81.8. The van der Waals surface area contributed by atoms with Crippen LogP contribution in [-0.4, -0.2) is 47.4 Å². The lowest BCUT2D eigenvalue weighted by Gasteiger charge is -2.22. The van der Waals surface area contributed by atoms with Crippen LogP contribution in [0, 0.1) is 0 Å². The highest BCUT2D eigenvalue weighted by Crippen LogP contribution is 2.19. The molecule has 0 aliphatic carbocycles. The number of amides is 1. The van der Waals surface area contributed by atoms with Crippen LogP contribution >= 0.6 is 0 Å². The first-order valence-corrected chi connectivity index (χ1v) is 37.9. The lowest BCUT2D eigenvalue weighted by atomic mass is 10.0. The third-order valence-electron chi connectivity index (χ3n) is 17.6. The van der Waals surface area contributed by atoms with Crippen LogP contribution in [0.4, 0.5) is 0 Å². The van der Waals surface area contributed by atoms with Crippen LogP contribution in [0.25, 0.3) is 0 Å². The van der Waals surface area contributed by atoms with Crippen molar-refractivity contribution < 1.29 is 24.5 Å². The van der Waals surface area contributed by atoms with Gasteiger partial charge in [0, 0.05) is 12.8 Å². The van der Waals surface area contributed by atoms with E-state index in [9.17, 15) is 19.8 Å². The summed E-state index contributed by atoms with van der Waals surface area (Å²) in [6, 6.07) is -0.546. The quantitative estimate of drug-likeness (QED) is 0.0320. The zero-order valence-corrected chi connectivity index (χ0v) is 56.6. The minimum Gasteiger partial charge on any atom is -0.466 e. The van der Waals surface area contributed by atoms with Crippen molar-refractivity contribution in [2.24, 2.45) is 0 Å². The molecule has 2 unspecified atom stereocenters. The van der Waals surface area contributed by atoms with Gasteiger partial charge in [0.1, 0.15) is 0 Å². The van der Waals surface area contributed by atoms with Gasteiger partial charge in [-0.15, -0.1) is 0 Å². The van der Waals surface area contributed by atoms with Gasteiger partial charge in [0.05, 0.1) is 25.4 Å². The van der Waals surface area contributed by atoms with Gasteiger partial charge in [0.15, 0.2) is 0 Å². The van der Waals surface area contributed by atoms with Crippen LogP contribution in [0.2, 0.25) is 0 Å². The molecule has 0 saturated carbocycles. The number of ether oxygens (including phenoxy) is 1. The Morgan fingerprint density at radius 1 is 0.333 bits per heavy atom. The van der Waals surface area contributed by atoms with Crippen LogP contribution in [0.15, 0.2) is 48.6 Å². The highest BCUT2D eigenvalue weighted by molar-refractivity contribution is 5.76. The monoisotopic (exact) mass is 1180 g/mol. The molecule has 494 valence electrons. The largest absolute Gasteiger partial charge is 0.466 e. The van der Waals surface area contributed by atoms with E-state index in [0.29, 0.717) is 25.9 Å². The normalized spacial score (nSPS) is 12.8. The van der Waals surface area contributed by atoms with Crippen molar-refractivity contribution in [3.05, 3.63) is 48.6 Å². The van der Waals surface area contributed by atoms with Gasteiger partial charge in [0.25, 0.3) is 0 Å². The molecule has 0 aromatic carbocycles. The van der Waals surface area contributed by atoms with E-state index >= 15 is 0 Å². The topological polar surface area (TPSA) is 95.9 Å². The maximum absolute atomic E-state index is 12.6. The summed E-state index contributed by atoms with van der Waals surface area (Å²) >= 11 is 0. The molecule has 0 saturated heterocycles. The second-order valence-electron chi connectivity index (χ2n) is 26.0. The summed E-state index contributed by atoms with van der Waals surface area (Å²) in [4.78, 5) is 24.6. The van der Waals surface area contributed by atoms with E-state index in [1.807, 2.05) is 0 Å². The number of aliphatic hydroxyl groups is 2. The minimum absolute atomic E-state index is 0.00236. The lowest BCUT2D eigenvalue weighted by Crippen LogP contribution is -2.45. The standard InChI is InChI=1S/C78H147NO5/c1-3-5-7-9-11-13-15-17-19-21-22-23-24-30-33-36-39-42-46-50-54-58-62-66-70-76(81)75(74-80)79-77(82)71-67-63-59-55-51-47-43-40-37-34-31-28-26-25-27-29-32-35-38-41-45-49-53-57-61-65-69-73-84-78(83)72-68-64-60-56-52-48-44-20-18-16-14-12-10-8-6-4-2/h14,16,20,25-26,29,32,44,75-76,80-81H,3-13,15,17-19,21-24,27-28,30-31,33-43,45-74H2,1-2H3,(H,79,82)/b16-14-,26-25-,32-29-,44-20-. The second-order valence-corrected chi connectivity index (χ2v) is 26.0. The summed E-state index contributed by atoms with van der Waals surface area (Å²) in [6.07, 6.45) is 96.0. The highest BCUT2D eigenvalue weighted by atomic mass is 16.5. The fourth-order valence-electron chi connectivity index (χ4n) is 11.8. The molecule has 0 aliphatic rings. The molecule has 0 bridgehead atoms. The molecule has 1 amide bonds. The molecule has 3 N–H and O–H groups in total. The molecule has 0 aromatic heterocycles. The van der Waals surface area contributed by atoms with Gasteiger partial charge >= 0.3 is 5.97 Å². The number of hydrogen-bond donors (Lipinski definition) is 3. The van der Waals surface area contributed by atoms with Crippen LogP contribution in [0.5, 0.6) is 0 Å².